The van der Waals surface area contributed by atoms with Gasteiger partial charge in [0.1, 0.15) is 23.2 Å². The first-order valence-corrected chi connectivity index (χ1v) is 25.8. The van der Waals surface area contributed by atoms with E-state index in [1.807, 2.05) is 21.7 Å². The smallest absolute Gasteiger partial charge is 0.343 e. The summed E-state index contributed by atoms with van der Waals surface area (Å²) in [6, 6.07) is 4.54. The minimum absolute atomic E-state index is 0.107. The minimum Gasteiger partial charge on any atom is -0.462 e. The molecule has 2 atom stereocenters. The van der Waals surface area contributed by atoms with Crippen molar-refractivity contribution in [2.75, 3.05) is 99.4 Å². The van der Waals surface area contributed by atoms with Crippen LogP contribution in [0.3, 0.4) is 0 Å². The van der Waals surface area contributed by atoms with Gasteiger partial charge in [-0.05, 0) is 89.3 Å². The zero-order valence-electron chi connectivity index (χ0n) is 41.3. The van der Waals surface area contributed by atoms with Crippen LogP contribution in [-0.2, 0) is 31.0 Å². The molecular formula is C50H68F3N13O6. The average Bonchev–Trinajstić information content (AvgIpc) is 3.79. The maximum absolute atomic E-state index is 15.8. The molecule has 19 nitrogen and oxygen atoms in total. The number of benzene rings is 1. The van der Waals surface area contributed by atoms with E-state index >= 15 is 13.2 Å². The molecule has 6 heterocycles. The number of carbonyl (C=O) groups is 5. The highest BCUT2D eigenvalue weighted by Crippen LogP contribution is 2.38. The van der Waals surface area contributed by atoms with E-state index in [2.05, 4.69) is 41.2 Å². The Hall–Kier alpha value is -6.03. The number of halogens is 3. The van der Waals surface area contributed by atoms with Gasteiger partial charge in [0.05, 0.1) is 30.7 Å². The first-order chi connectivity index (χ1) is 34.7. The maximum atomic E-state index is 15.8. The van der Waals surface area contributed by atoms with Crippen LogP contribution in [0.5, 0.6) is 0 Å². The van der Waals surface area contributed by atoms with E-state index in [0.29, 0.717) is 101 Å². The second-order valence-electron chi connectivity index (χ2n) is 20.4. The average molecular weight is 1000 g/mol. The fraction of sp³-hybridized carbons (Fsp3) is 0.640. The molecule has 2 unspecified atom stereocenters. The Balaban J connectivity index is 0.671. The SMILES string of the molecule is CCOC(=O)c1cnc(Nc2cnn(C)c2)nc1NC1CCC(N2CCN(C(=O)C3CCC(C(=O)N4CCC(CN5CCN(c6ccc(NC7CCC(=O)NC7=O)cc6F)CC5)C(F)(F)C4)CC3)CC2)CC1. The van der Waals surface area contributed by atoms with Crippen molar-refractivity contribution >= 4 is 58.4 Å². The summed E-state index contributed by atoms with van der Waals surface area (Å²) >= 11 is 0. The van der Waals surface area contributed by atoms with Crippen molar-refractivity contribution in [1.82, 2.24) is 44.7 Å². The number of piperazine rings is 2. The van der Waals surface area contributed by atoms with Crippen LogP contribution < -0.4 is 26.2 Å². The summed E-state index contributed by atoms with van der Waals surface area (Å²) < 4.78 is 53.8. The summed E-state index contributed by atoms with van der Waals surface area (Å²) in [5.41, 5.74) is 1.84. The zero-order chi connectivity index (χ0) is 50.5. The van der Waals surface area contributed by atoms with E-state index in [-0.39, 0.29) is 73.7 Å². The van der Waals surface area contributed by atoms with E-state index in [1.54, 1.807) is 36.1 Å². The van der Waals surface area contributed by atoms with Crippen LogP contribution in [0.4, 0.5) is 42.0 Å². The van der Waals surface area contributed by atoms with Crippen LogP contribution in [0.25, 0.3) is 0 Å². The van der Waals surface area contributed by atoms with E-state index in [1.165, 1.54) is 17.2 Å². The Morgan fingerprint density at radius 2 is 1.53 bits per heavy atom. The summed E-state index contributed by atoms with van der Waals surface area (Å²) in [7, 11) is 1.82. The topological polar surface area (TPSA) is 202 Å². The molecule has 4 aliphatic heterocycles. The van der Waals surface area contributed by atoms with Gasteiger partial charge in [0.2, 0.25) is 29.6 Å². The number of ether oxygens (including phenoxy) is 1. The second-order valence-corrected chi connectivity index (χ2v) is 20.4. The number of alkyl halides is 2. The van der Waals surface area contributed by atoms with E-state index in [0.717, 1.165) is 44.5 Å². The third kappa shape index (κ3) is 12.1. The first-order valence-electron chi connectivity index (χ1n) is 25.8. The molecule has 6 fully saturated rings. The number of imide groups is 1. The molecule has 390 valence electrons. The number of carbonyl (C=O) groups excluding carboxylic acids is 5. The Morgan fingerprint density at radius 1 is 0.819 bits per heavy atom. The number of esters is 1. The van der Waals surface area contributed by atoms with Crippen LogP contribution in [0, 0.1) is 23.6 Å². The molecular weight excluding hydrogens is 936 g/mol. The molecule has 2 aliphatic carbocycles. The van der Waals surface area contributed by atoms with Crippen molar-refractivity contribution in [1.29, 1.82) is 0 Å². The number of amides is 4. The van der Waals surface area contributed by atoms with Gasteiger partial charge in [-0.2, -0.15) is 10.1 Å². The molecule has 6 aliphatic rings. The van der Waals surface area contributed by atoms with Crippen LogP contribution in [0.15, 0.2) is 36.8 Å². The highest BCUT2D eigenvalue weighted by molar-refractivity contribution is 6.01. The number of hydrogen-bond acceptors (Lipinski definition) is 15. The molecule has 4 saturated heterocycles. The number of piperidine rings is 2. The molecule has 72 heavy (non-hydrogen) atoms. The van der Waals surface area contributed by atoms with Crippen molar-refractivity contribution in [2.24, 2.45) is 24.8 Å². The van der Waals surface area contributed by atoms with Gasteiger partial charge in [0.15, 0.2) is 0 Å². The Bertz CT molecular complexity index is 2430. The van der Waals surface area contributed by atoms with E-state index < -0.39 is 42.1 Å². The van der Waals surface area contributed by atoms with Gasteiger partial charge in [-0.25, -0.2) is 22.9 Å². The highest BCUT2D eigenvalue weighted by atomic mass is 19.3. The van der Waals surface area contributed by atoms with Crippen LogP contribution in [-0.4, -0.2) is 172 Å². The van der Waals surface area contributed by atoms with Gasteiger partial charge in [0, 0.05) is 127 Å². The minimum atomic E-state index is -3.05. The van der Waals surface area contributed by atoms with Crippen molar-refractivity contribution in [3.63, 3.8) is 0 Å². The van der Waals surface area contributed by atoms with Gasteiger partial charge < -0.3 is 35.4 Å². The number of nitrogens with one attached hydrogen (secondary N) is 4. The number of likely N-dealkylation sites (tertiary alicyclic amines) is 1. The molecule has 3 aromatic rings. The molecule has 4 amide bonds. The molecule has 4 N–H and O–H groups in total. The molecule has 2 saturated carbocycles. The summed E-state index contributed by atoms with van der Waals surface area (Å²) in [5.74, 6) is -5.53. The van der Waals surface area contributed by atoms with Gasteiger partial charge in [-0.3, -0.25) is 39.0 Å². The lowest BCUT2D eigenvalue weighted by Crippen LogP contribution is -2.56. The van der Waals surface area contributed by atoms with Crippen LogP contribution in [0.2, 0.25) is 0 Å². The molecule has 22 heteroatoms. The predicted octanol–water partition coefficient (Wildman–Crippen LogP) is 4.47. The van der Waals surface area contributed by atoms with Gasteiger partial charge >= 0.3 is 5.97 Å². The van der Waals surface area contributed by atoms with Crippen LogP contribution >= 0.6 is 0 Å². The Labute approximate surface area is 417 Å². The third-order valence-corrected chi connectivity index (χ3v) is 15.6. The third-order valence-electron chi connectivity index (χ3n) is 15.6. The summed E-state index contributed by atoms with van der Waals surface area (Å²) in [4.78, 5) is 82.5. The lowest BCUT2D eigenvalue weighted by molar-refractivity contribution is -0.157. The predicted molar refractivity (Wildman–Crippen MR) is 262 cm³/mol. The number of anilines is 5. The largest absolute Gasteiger partial charge is 0.462 e. The maximum Gasteiger partial charge on any atom is 0.343 e. The van der Waals surface area contributed by atoms with Crippen LogP contribution in [0.1, 0.15) is 87.9 Å². The van der Waals surface area contributed by atoms with Crippen molar-refractivity contribution in [3.05, 3.63) is 48.2 Å². The standard InChI is InChI=1S/C50H68F3N13O6/c1-3-72-48(71)39-28-54-49(58-37-27-55-61(2)30-37)60-44(39)57-35-8-11-38(12-9-35)63-22-24-65(25-23-63)46(69)32-4-6-33(7-5-32)47(70)66-17-16-34(50(52,53)31-66)29-62-18-20-64(21-19-62)42-14-10-36(26-40(42)51)56-41-13-15-43(67)59-45(41)68/h10,14,26-28,30,32-35,38,41,56H,3-9,11-13,15-25,29,31H2,1-2H3,(H,59,67,68)(H2,54,57,58,60). The van der Waals surface area contributed by atoms with Gasteiger partial charge in [0.25, 0.3) is 5.92 Å². The fourth-order valence-corrected chi connectivity index (χ4v) is 11.5. The number of aryl methyl sites for hydroxylation is 1. The highest BCUT2D eigenvalue weighted by Gasteiger charge is 2.48. The lowest BCUT2D eigenvalue weighted by atomic mass is 9.80. The summed E-state index contributed by atoms with van der Waals surface area (Å²) in [6.07, 6.45) is 11.6. The molecule has 2 aromatic heterocycles. The fourth-order valence-electron chi connectivity index (χ4n) is 11.5. The quantitative estimate of drug-likeness (QED) is 0.130. The summed E-state index contributed by atoms with van der Waals surface area (Å²) in [6.45, 7) is 6.63. The second kappa shape index (κ2) is 22.4. The van der Waals surface area contributed by atoms with Crippen molar-refractivity contribution < 1.29 is 41.9 Å². The Kier molecular flexibility index (Phi) is 15.8. The number of hydrogen-bond donors (Lipinski definition) is 4. The molecule has 1 aromatic carbocycles. The number of nitrogens with zero attached hydrogens (tertiary/aromatic N) is 9. The zero-order valence-corrected chi connectivity index (χ0v) is 41.3. The molecule has 0 radical (unpaired) electrons. The van der Waals surface area contributed by atoms with Gasteiger partial charge in [-0.1, -0.05) is 0 Å². The molecule has 0 bridgehead atoms. The monoisotopic (exact) mass is 1000 g/mol. The van der Waals surface area contributed by atoms with Crippen molar-refractivity contribution in [2.45, 2.75) is 102 Å². The van der Waals surface area contributed by atoms with Crippen molar-refractivity contribution in [3.8, 4) is 0 Å². The Morgan fingerprint density at radius 3 is 2.17 bits per heavy atom. The normalized spacial score (nSPS) is 26.4. The number of rotatable bonds is 14. The van der Waals surface area contributed by atoms with E-state index in [4.69, 9.17) is 4.74 Å². The van der Waals surface area contributed by atoms with E-state index in [9.17, 15) is 24.0 Å². The van der Waals surface area contributed by atoms with Gasteiger partial charge in [-0.15, -0.1) is 0 Å². The summed E-state index contributed by atoms with van der Waals surface area (Å²) in [5, 5.41) is 16.1. The number of aromatic nitrogens is 4. The first kappa shape index (κ1) is 50.9. The molecule has 0 spiro atoms. The molecule has 9 rings (SSSR count). The lowest BCUT2D eigenvalue weighted by Gasteiger charge is -2.44.